The number of hydrogen-bond donors (Lipinski definition) is 2. The van der Waals surface area contributed by atoms with Crippen molar-refractivity contribution in [3.63, 3.8) is 0 Å². The van der Waals surface area contributed by atoms with Crippen LogP contribution < -0.4 is 11.1 Å². The largest absolute Gasteiger partial charge is 0.364 e. The van der Waals surface area contributed by atoms with Gasteiger partial charge in [-0.05, 0) is 39.8 Å². The number of carbonyl (C=O) groups is 1. The van der Waals surface area contributed by atoms with Gasteiger partial charge in [-0.1, -0.05) is 19.3 Å². The number of likely N-dealkylation sites (N-methyl/N-ethyl adjacent to an activating group) is 1. The summed E-state index contributed by atoms with van der Waals surface area (Å²) in [6, 6.07) is 0. The lowest BCUT2D eigenvalue weighted by Gasteiger charge is -2.43. The zero-order valence-corrected chi connectivity index (χ0v) is 12.9. The van der Waals surface area contributed by atoms with Gasteiger partial charge in [0.05, 0.1) is 6.10 Å². The van der Waals surface area contributed by atoms with Crippen molar-refractivity contribution in [3.8, 4) is 0 Å². The summed E-state index contributed by atoms with van der Waals surface area (Å²) in [7, 11) is 4.24. The Kier molecular flexibility index (Phi) is 5.41. The van der Waals surface area contributed by atoms with Crippen LogP contribution in [0.1, 0.15) is 44.9 Å². The van der Waals surface area contributed by atoms with Crippen molar-refractivity contribution in [1.29, 1.82) is 0 Å². The molecule has 1 amide bonds. The Morgan fingerprint density at radius 1 is 1.30 bits per heavy atom. The van der Waals surface area contributed by atoms with Gasteiger partial charge in [0, 0.05) is 18.6 Å². The van der Waals surface area contributed by atoms with Crippen molar-refractivity contribution < 1.29 is 9.53 Å². The van der Waals surface area contributed by atoms with Crippen molar-refractivity contribution in [2.24, 2.45) is 5.73 Å². The molecule has 5 heteroatoms. The van der Waals surface area contributed by atoms with Crippen molar-refractivity contribution in [1.82, 2.24) is 10.2 Å². The molecule has 2 atom stereocenters. The van der Waals surface area contributed by atoms with Gasteiger partial charge in [-0.2, -0.15) is 0 Å². The van der Waals surface area contributed by atoms with Gasteiger partial charge in [0.15, 0.2) is 0 Å². The highest BCUT2D eigenvalue weighted by Gasteiger charge is 2.36. The van der Waals surface area contributed by atoms with Gasteiger partial charge in [0.1, 0.15) is 6.10 Å². The van der Waals surface area contributed by atoms with Gasteiger partial charge >= 0.3 is 0 Å². The smallest absolute Gasteiger partial charge is 0.249 e. The third-order valence-electron chi connectivity index (χ3n) is 4.99. The van der Waals surface area contributed by atoms with E-state index >= 15 is 0 Å². The summed E-state index contributed by atoms with van der Waals surface area (Å²) in [6.07, 6.45) is 7.60. The zero-order chi connectivity index (χ0) is 14.6. The third-order valence-corrected chi connectivity index (χ3v) is 4.99. The van der Waals surface area contributed by atoms with Gasteiger partial charge in [-0.25, -0.2) is 0 Å². The number of carbonyl (C=O) groups excluding carboxylic acids is 1. The van der Waals surface area contributed by atoms with E-state index in [-0.39, 0.29) is 23.7 Å². The van der Waals surface area contributed by atoms with E-state index in [4.69, 9.17) is 10.5 Å². The SMILES string of the molecule is CN(C)C1(CNC(=O)C2CCC(CN)O2)CCCCC1. The highest BCUT2D eigenvalue weighted by atomic mass is 16.5. The highest BCUT2D eigenvalue weighted by molar-refractivity contribution is 5.81. The molecule has 2 aliphatic rings. The Morgan fingerprint density at radius 3 is 2.55 bits per heavy atom. The van der Waals surface area contributed by atoms with Gasteiger partial charge in [-0.15, -0.1) is 0 Å². The quantitative estimate of drug-likeness (QED) is 0.786. The van der Waals surface area contributed by atoms with Gasteiger partial charge < -0.3 is 20.7 Å². The van der Waals surface area contributed by atoms with Crippen LogP contribution in [0.5, 0.6) is 0 Å². The first-order valence-corrected chi connectivity index (χ1v) is 7.88. The third kappa shape index (κ3) is 3.51. The summed E-state index contributed by atoms with van der Waals surface area (Å²) in [6.45, 7) is 1.23. The molecule has 0 bridgehead atoms. The Labute approximate surface area is 122 Å². The lowest BCUT2D eigenvalue weighted by atomic mass is 9.80. The summed E-state index contributed by atoms with van der Waals surface area (Å²) in [5.74, 6) is 0.0350. The second kappa shape index (κ2) is 6.87. The first-order chi connectivity index (χ1) is 9.57. The molecule has 1 aliphatic heterocycles. The van der Waals surface area contributed by atoms with Crippen LogP contribution in [0, 0.1) is 0 Å². The number of amides is 1. The first kappa shape index (κ1) is 15.7. The maximum absolute atomic E-state index is 12.2. The molecular weight excluding hydrogens is 254 g/mol. The molecule has 0 aromatic carbocycles. The summed E-state index contributed by atoms with van der Waals surface area (Å²) < 4.78 is 5.66. The average Bonchev–Trinajstić information content (AvgIpc) is 2.94. The lowest BCUT2D eigenvalue weighted by Crippen LogP contribution is -2.55. The van der Waals surface area contributed by atoms with E-state index in [1.54, 1.807) is 0 Å². The maximum atomic E-state index is 12.2. The molecule has 1 saturated heterocycles. The van der Waals surface area contributed by atoms with E-state index in [0.717, 1.165) is 32.2 Å². The fourth-order valence-electron chi connectivity index (χ4n) is 3.43. The van der Waals surface area contributed by atoms with Crippen LogP contribution in [0.3, 0.4) is 0 Å². The summed E-state index contributed by atoms with van der Waals surface area (Å²) in [4.78, 5) is 14.5. The summed E-state index contributed by atoms with van der Waals surface area (Å²) >= 11 is 0. The van der Waals surface area contributed by atoms with Crippen LogP contribution in [0.25, 0.3) is 0 Å². The molecular formula is C15H29N3O2. The van der Waals surface area contributed by atoms with Crippen LogP contribution in [0.15, 0.2) is 0 Å². The number of ether oxygens (including phenoxy) is 1. The Hall–Kier alpha value is -0.650. The molecule has 2 unspecified atom stereocenters. The predicted octanol–water partition coefficient (Wildman–Crippen LogP) is 0.873. The predicted molar refractivity (Wildman–Crippen MR) is 79.5 cm³/mol. The Morgan fingerprint density at radius 2 is 2.00 bits per heavy atom. The molecule has 1 aliphatic carbocycles. The van der Waals surface area contributed by atoms with E-state index in [9.17, 15) is 4.79 Å². The maximum Gasteiger partial charge on any atom is 0.249 e. The fraction of sp³-hybridized carbons (Fsp3) is 0.933. The number of rotatable bonds is 5. The summed E-state index contributed by atoms with van der Waals surface area (Å²) in [5, 5.41) is 3.11. The molecule has 1 heterocycles. The van der Waals surface area contributed by atoms with Crippen LogP contribution in [0.4, 0.5) is 0 Å². The highest BCUT2D eigenvalue weighted by Crippen LogP contribution is 2.31. The molecule has 116 valence electrons. The molecule has 2 fully saturated rings. The fourth-order valence-corrected chi connectivity index (χ4v) is 3.43. The number of hydrogen-bond acceptors (Lipinski definition) is 4. The topological polar surface area (TPSA) is 67.6 Å². The lowest BCUT2D eigenvalue weighted by molar-refractivity contribution is -0.132. The van der Waals surface area contributed by atoms with Crippen molar-refractivity contribution in [2.45, 2.75) is 62.7 Å². The van der Waals surface area contributed by atoms with Gasteiger partial charge in [-0.3, -0.25) is 4.79 Å². The molecule has 0 aromatic heterocycles. The minimum Gasteiger partial charge on any atom is -0.364 e. The average molecular weight is 283 g/mol. The molecule has 1 saturated carbocycles. The molecule has 3 N–H and O–H groups in total. The van der Waals surface area contributed by atoms with Crippen molar-refractivity contribution in [3.05, 3.63) is 0 Å². The monoisotopic (exact) mass is 283 g/mol. The second-order valence-corrected chi connectivity index (χ2v) is 6.46. The normalized spacial score (nSPS) is 29.6. The molecule has 5 nitrogen and oxygen atoms in total. The van der Waals surface area contributed by atoms with Crippen molar-refractivity contribution >= 4 is 5.91 Å². The molecule has 0 aromatic rings. The Balaban J connectivity index is 1.85. The van der Waals surface area contributed by atoms with E-state index in [0.29, 0.717) is 6.54 Å². The van der Waals surface area contributed by atoms with Crippen LogP contribution in [-0.2, 0) is 9.53 Å². The van der Waals surface area contributed by atoms with Crippen molar-refractivity contribution in [2.75, 3.05) is 27.2 Å². The van der Waals surface area contributed by atoms with Crippen LogP contribution >= 0.6 is 0 Å². The molecule has 0 spiro atoms. The molecule has 20 heavy (non-hydrogen) atoms. The number of nitrogens with one attached hydrogen (secondary N) is 1. The van der Waals surface area contributed by atoms with E-state index in [1.165, 1.54) is 19.3 Å². The minimum atomic E-state index is -0.300. The zero-order valence-electron chi connectivity index (χ0n) is 12.9. The van der Waals surface area contributed by atoms with E-state index in [2.05, 4.69) is 24.3 Å². The standard InChI is InChI=1S/C15H29N3O2/c1-18(2)15(8-4-3-5-9-15)11-17-14(19)13-7-6-12(10-16)20-13/h12-13H,3-11,16H2,1-2H3,(H,17,19). The second-order valence-electron chi connectivity index (χ2n) is 6.46. The molecule has 0 radical (unpaired) electrons. The number of nitrogens with two attached hydrogens (primary N) is 1. The van der Waals surface area contributed by atoms with Gasteiger partial charge in [0.2, 0.25) is 5.91 Å². The minimum absolute atomic E-state index is 0.0350. The van der Waals surface area contributed by atoms with Crippen LogP contribution in [0.2, 0.25) is 0 Å². The summed E-state index contributed by atoms with van der Waals surface area (Å²) in [5.41, 5.74) is 5.71. The molecule has 2 rings (SSSR count). The van der Waals surface area contributed by atoms with Crippen LogP contribution in [-0.4, -0.2) is 55.7 Å². The first-order valence-electron chi connectivity index (χ1n) is 7.88. The van der Waals surface area contributed by atoms with E-state index in [1.807, 2.05) is 0 Å². The van der Waals surface area contributed by atoms with Gasteiger partial charge in [0.25, 0.3) is 0 Å². The Bertz CT molecular complexity index is 327. The van der Waals surface area contributed by atoms with E-state index < -0.39 is 0 Å². The number of nitrogens with zero attached hydrogens (tertiary/aromatic N) is 1.